The van der Waals surface area contributed by atoms with Crippen LogP contribution in [0.4, 0.5) is 5.69 Å². The minimum atomic E-state index is 0.0146. The van der Waals surface area contributed by atoms with Gasteiger partial charge in [0.1, 0.15) is 32.7 Å². The largest absolute Gasteiger partial charge is 0.391 e. The Morgan fingerprint density at radius 2 is 1.76 bits per heavy atom. The van der Waals surface area contributed by atoms with Crippen molar-refractivity contribution in [1.82, 2.24) is 0 Å². The number of hydrogen-bond donors (Lipinski definition) is 4. The average molecular weight is 314 g/mol. The lowest BCUT2D eigenvalue weighted by Gasteiger charge is -2.29. The Morgan fingerprint density at radius 1 is 1.14 bits per heavy atom. The SMILES string of the molecule is O=C(CC[NH+]1CC[NH+](CCO)CC1)Nc1ccccc1Cl. The van der Waals surface area contributed by atoms with Crippen molar-refractivity contribution >= 4 is 23.2 Å². The van der Waals surface area contributed by atoms with Gasteiger partial charge in [-0.05, 0) is 12.1 Å². The summed E-state index contributed by atoms with van der Waals surface area (Å²) in [6.07, 6.45) is 0.510. The molecule has 1 aliphatic heterocycles. The molecule has 6 heteroatoms. The third kappa shape index (κ3) is 5.28. The molecule has 1 fully saturated rings. The fourth-order valence-electron chi connectivity index (χ4n) is 2.68. The average Bonchev–Trinajstić information content (AvgIpc) is 2.49. The van der Waals surface area contributed by atoms with Crippen LogP contribution in [0.15, 0.2) is 24.3 Å². The van der Waals surface area contributed by atoms with Gasteiger partial charge in [-0.25, -0.2) is 0 Å². The van der Waals surface area contributed by atoms with Crippen LogP contribution in [0, 0.1) is 0 Å². The fourth-order valence-corrected chi connectivity index (χ4v) is 2.86. The molecule has 1 saturated heterocycles. The number of piperazine rings is 1. The van der Waals surface area contributed by atoms with E-state index in [4.69, 9.17) is 16.7 Å². The molecule has 1 heterocycles. The van der Waals surface area contributed by atoms with Gasteiger partial charge in [-0.15, -0.1) is 0 Å². The van der Waals surface area contributed by atoms with E-state index >= 15 is 0 Å². The van der Waals surface area contributed by atoms with Crippen molar-refractivity contribution in [1.29, 1.82) is 0 Å². The minimum absolute atomic E-state index is 0.0146. The first-order chi connectivity index (χ1) is 10.2. The van der Waals surface area contributed by atoms with Crippen LogP contribution in [0.5, 0.6) is 0 Å². The van der Waals surface area contributed by atoms with Crippen LogP contribution in [0.3, 0.4) is 0 Å². The Kier molecular flexibility index (Phi) is 6.45. The lowest BCUT2D eigenvalue weighted by molar-refractivity contribution is -1.01. The molecule has 0 aliphatic carbocycles. The van der Waals surface area contributed by atoms with Crippen molar-refractivity contribution in [2.75, 3.05) is 51.2 Å². The number of carbonyl (C=O) groups excluding carboxylic acids is 1. The summed E-state index contributed by atoms with van der Waals surface area (Å²) in [6, 6.07) is 7.28. The summed E-state index contributed by atoms with van der Waals surface area (Å²) < 4.78 is 0. The highest BCUT2D eigenvalue weighted by atomic mass is 35.5. The Hall–Kier alpha value is -1.14. The second-order valence-electron chi connectivity index (χ2n) is 5.50. The first-order valence-corrected chi connectivity index (χ1v) is 7.89. The van der Waals surface area contributed by atoms with Gasteiger partial charge >= 0.3 is 0 Å². The van der Waals surface area contributed by atoms with E-state index in [9.17, 15) is 4.79 Å². The van der Waals surface area contributed by atoms with Gasteiger partial charge in [-0.2, -0.15) is 0 Å². The summed E-state index contributed by atoms with van der Waals surface area (Å²) >= 11 is 6.02. The Morgan fingerprint density at radius 3 is 2.38 bits per heavy atom. The number of aliphatic hydroxyl groups is 1. The molecule has 0 atom stereocenters. The van der Waals surface area contributed by atoms with Gasteiger partial charge in [0.25, 0.3) is 0 Å². The first-order valence-electron chi connectivity index (χ1n) is 7.51. The second-order valence-corrected chi connectivity index (χ2v) is 5.91. The second kappa shape index (κ2) is 8.34. The molecule has 0 saturated carbocycles. The van der Waals surface area contributed by atoms with Crippen molar-refractivity contribution in [3.05, 3.63) is 29.3 Å². The predicted molar refractivity (Wildman–Crippen MR) is 82.9 cm³/mol. The van der Waals surface area contributed by atoms with Crippen molar-refractivity contribution in [2.24, 2.45) is 0 Å². The van der Waals surface area contributed by atoms with E-state index in [1.54, 1.807) is 6.07 Å². The molecule has 1 aliphatic rings. The van der Waals surface area contributed by atoms with E-state index in [1.807, 2.05) is 18.2 Å². The maximum atomic E-state index is 12.0. The number of nitrogens with one attached hydrogen (secondary N) is 3. The highest BCUT2D eigenvalue weighted by molar-refractivity contribution is 6.33. The molecule has 2 rings (SSSR count). The van der Waals surface area contributed by atoms with E-state index in [-0.39, 0.29) is 12.5 Å². The van der Waals surface area contributed by atoms with Crippen molar-refractivity contribution in [2.45, 2.75) is 6.42 Å². The molecule has 0 radical (unpaired) electrons. The Labute approximate surface area is 130 Å². The summed E-state index contributed by atoms with van der Waals surface area (Å²) in [5, 5.41) is 12.4. The van der Waals surface area contributed by atoms with E-state index in [0.717, 1.165) is 39.3 Å². The highest BCUT2D eigenvalue weighted by Gasteiger charge is 2.22. The van der Waals surface area contributed by atoms with Crippen LogP contribution in [-0.2, 0) is 4.79 Å². The number of halogens is 1. The number of benzene rings is 1. The number of hydrogen-bond acceptors (Lipinski definition) is 2. The van der Waals surface area contributed by atoms with Crippen molar-refractivity contribution in [3.8, 4) is 0 Å². The van der Waals surface area contributed by atoms with E-state index in [0.29, 0.717) is 17.1 Å². The minimum Gasteiger partial charge on any atom is -0.391 e. The maximum absolute atomic E-state index is 12.0. The van der Waals surface area contributed by atoms with E-state index < -0.39 is 0 Å². The standard InChI is InChI=1S/C15H22ClN3O2/c16-13-3-1-2-4-14(13)17-15(21)5-6-18-7-9-19(10-8-18)11-12-20/h1-4,20H,5-12H2,(H,17,21)/p+2. The number of quaternary nitrogens is 2. The zero-order chi connectivity index (χ0) is 15.1. The molecule has 1 aromatic carbocycles. The van der Waals surface area contributed by atoms with Gasteiger partial charge in [0.2, 0.25) is 5.91 Å². The predicted octanol–water partition coefficient (Wildman–Crippen LogP) is -1.56. The van der Waals surface area contributed by atoms with E-state index in [1.165, 1.54) is 9.80 Å². The Balaban J connectivity index is 1.69. The van der Waals surface area contributed by atoms with Gasteiger partial charge in [0.15, 0.2) is 0 Å². The molecule has 0 aromatic heterocycles. The Bertz CT molecular complexity index is 462. The molecule has 1 aromatic rings. The quantitative estimate of drug-likeness (QED) is 0.514. The molecule has 0 spiro atoms. The summed E-state index contributed by atoms with van der Waals surface area (Å²) in [7, 11) is 0. The topological polar surface area (TPSA) is 58.2 Å². The van der Waals surface area contributed by atoms with E-state index in [2.05, 4.69) is 5.32 Å². The molecule has 5 nitrogen and oxygen atoms in total. The molecule has 116 valence electrons. The van der Waals surface area contributed by atoms with Crippen LogP contribution in [0.2, 0.25) is 5.02 Å². The van der Waals surface area contributed by atoms with Gasteiger partial charge in [-0.3, -0.25) is 4.79 Å². The number of aliphatic hydroxyl groups excluding tert-OH is 1. The van der Waals surface area contributed by atoms with Crippen molar-refractivity contribution in [3.63, 3.8) is 0 Å². The number of para-hydroxylation sites is 1. The zero-order valence-electron chi connectivity index (χ0n) is 12.2. The van der Waals surface area contributed by atoms with Crippen LogP contribution >= 0.6 is 11.6 Å². The van der Waals surface area contributed by atoms with Crippen molar-refractivity contribution < 1.29 is 19.7 Å². The number of rotatable bonds is 6. The third-order valence-corrected chi connectivity index (χ3v) is 4.31. The molecular weight excluding hydrogens is 290 g/mol. The zero-order valence-corrected chi connectivity index (χ0v) is 13.0. The smallest absolute Gasteiger partial charge is 0.230 e. The summed E-state index contributed by atoms with van der Waals surface area (Å²) in [4.78, 5) is 14.9. The summed E-state index contributed by atoms with van der Waals surface area (Å²) in [6.45, 7) is 6.21. The highest BCUT2D eigenvalue weighted by Crippen LogP contribution is 2.20. The summed E-state index contributed by atoms with van der Waals surface area (Å²) in [5.74, 6) is 0.0146. The van der Waals surface area contributed by atoms with Gasteiger partial charge in [-0.1, -0.05) is 23.7 Å². The van der Waals surface area contributed by atoms with Gasteiger partial charge in [0, 0.05) is 0 Å². The normalized spacial score (nSPS) is 22.0. The van der Waals surface area contributed by atoms with Gasteiger partial charge in [0.05, 0.1) is 30.3 Å². The molecule has 4 N–H and O–H groups in total. The number of amides is 1. The van der Waals surface area contributed by atoms with Crippen LogP contribution in [0.1, 0.15) is 6.42 Å². The lowest BCUT2D eigenvalue weighted by Crippen LogP contribution is -3.28. The molecule has 1 amide bonds. The van der Waals surface area contributed by atoms with Crippen LogP contribution in [-0.4, -0.2) is 56.9 Å². The summed E-state index contributed by atoms with van der Waals surface area (Å²) in [5.41, 5.74) is 0.677. The third-order valence-electron chi connectivity index (χ3n) is 3.98. The molecule has 0 bridgehead atoms. The molecule has 21 heavy (non-hydrogen) atoms. The first kappa shape index (κ1) is 16.2. The number of carbonyl (C=O) groups is 1. The van der Waals surface area contributed by atoms with Crippen LogP contribution < -0.4 is 15.1 Å². The maximum Gasteiger partial charge on any atom is 0.230 e. The van der Waals surface area contributed by atoms with Gasteiger partial charge < -0.3 is 20.2 Å². The fraction of sp³-hybridized carbons (Fsp3) is 0.533. The number of anilines is 1. The van der Waals surface area contributed by atoms with Crippen LogP contribution in [0.25, 0.3) is 0 Å². The monoisotopic (exact) mass is 313 g/mol. The molecule has 0 unspecified atom stereocenters. The lowest BCUT2D eigenvalue weighted by atomic mass is 10.2. The molecular formula is C15H24ClN3O2+2.